The Morgan fingerprint density at radius 2 is 1.02 bits per heavy atom. The predicted molar refractivity (Wildman–Crippen MR) is 231 cm³/mol. The van der Waals surface area contributed by atoms with Crippen molar-refractivity contribution in [1.29, 1.82) is 0 Å². The number of furan rings is 1. The first kappa shape index (κ1) is 32.6. The molecule has 0 radical (unpaired) electrons. The Kier molecular flexibility index (Phi) is 7.71. The monoisotopic (exact) mass is 732 g/mol. The van der Waals surface area contributed by atoms with Crippen molar-refractivity contribution in [2.75, 3.05) is 4.90 Å². The number of nitrogens with zero attached hydrogens (tertiary/aromatic N) is 4. The highest BCUT2D eigenvalue weighted by Gasteiger charge is 2.18. The Labute approximate surface area is 328 Å². The molecule has 0 unspecified atom stereocenters. The summed E-state index contributed by atoms with van der Waals surface area (Å²) < 4.78 is 12.5. The summed E-state index contributed by atoms with van der Waals surface area (Å²) in [4.78, 5) is 16.7. The number of oxazole rings is 1. The average Bonchev–Trinajstić information content (AvgIpc) is 3.90. The first-order valence-corrected chi connectivity index (χ1v) is 18.9. The van der Waals surface area contributed by atoms with Crippen LogP contribution in [0.25, 0.3) is 89.0 Å². The minimum absolute atomic E-state index is 0.593. The molecule has 4 aromatic heterocycles. The van der Waals surface area contributed by atoms with Crippen molar-refractivity contribution in [3.05, 3.63) is 194 Å². The van der Waals surface area contributed by atoms with Crippen molar-refractivity contribution < 1.29 is 8.83 Å². The summed E-state index contributed by atoms with van der Waals surface area (Å²) in [6.45, 7) is 0. The van der Waals surface area contributed by atoms with Crippen LogP contribution in [0.2, 0.25) is 0 Å². The first-order chi connectivity index (χ1) is 28.2. The van der Waals surface area contributed by atoms with Gasteiger partial charge in [-0.2, -0.15) is 0 Å². The van der Waals surface area contributed by atoms with Crippen LogP contribution in [0.3, 0.4) is 0 Å². The third-order valence-electron chi connectivity index (χ3n) is 10.6. The zero-order chi connectivity index (χ0) is 37.7. The van der Waals surface area contributed by atoms with Crippen LogP contribution < -0.4 is 4.90 Å². The molecule has 268 valence electrons. The maximum absolute atomic E-state index is 6.39. The number of rotatable bonds is 7. The van der Waals surface area contributed by atoms with Crippen LogP contribution in [-0.4, -0.2) is 15.0 Å². The van der Waals surface area contributed by atoms with Crippen LogP contribution in [0.1, 0.15) is 0 Å². The quantitative estimate of drug-likeness (QED) is 0.162. The van der Waals surface area contributed by atoms with E-state index in [0.29, 0.717) is 5.89 Å². The van der Waals surface area contributed by atoms with Crippen molar-refractivity contribution in [3.63, 3.8) is 0 Å². The number of fused-ring (bicyclic) bond motifs is 5. The summed E-state index contributed by atoms with van der Waals surface area (Å²) >= 11 is 0. The molecule has 0 saturated carbocycles. The van der Waals surface area contributed by atoms with E-state index in [1.165, 1.54) is 0 Å². The summed E-state index contributed by atoms with van der Waals surface area (Å²) in [5.41, 5.74) is 15.3. The van der Waals surface area contributed by atoms with E-state index in [9.17, 15) is 0 Å². The molecule has 0 saturated heterocycles. The van der Waals surface area contributed by atoms with Gasteiger partial charge in [0.1, 0.15) is 16.7 Å². The maximum Gasteiger partial charge on any atom is 0.227 e. The zero-order valence-corrected chi connectivity index (χ0v) is 30.6. The fourth-order valence-electron chi connectivity index (χ4n) is 7.79. The van der Waals surface area contributed by atoms with E-state index in [1.54, 1.807) is 0 Å². The Hall–Kier alpha value is -7.83. The molecule has 7 aromatic carbocycles. The third kappa shape index (κ3) is 5.79. The smallest absolute Gasteiger partial charge is 0.227 e. The maximum atomic E-state index is 6.39. The number of anilines is 3. The van der Waals surface area contributed by atoms with E-state index in [4.69, 9.17) is 23.8 Å². The van der Waals surface area contributed by atoms with Crippen LogP contribution in [0.4, 0.5) is 17.1 Å². The van der Waals surface area contributed by atoms with Gasteiger partial charge in [-0.25, -0.2) is 9.97 Å². The van der Waals surface area contributed by atoms with Crippen LogP contribution in [0.5, 0.6) is 0 Å². The van der Waals surface area contributed by atoms with E-state index in [0.717, 1.165) is 100 Å². The van der Waals surface area contributed by atoms with E-state index in [2.05, 4.69) is 138 Å². The second kappa shape index (κ2) is 13.5. The summed E-state index contributed by atoms with van der Waals surface area (Å²) in [5, 5.41) is 2.23. The Morgan fingerprint density at radius 1 is 0.404 bits per heavy atom. The topological polar surface area (TPSA) is 68.2 Å². The highest BCUT2D eigenvalue weighted by molar-refractivity contribution is 6.09. The minimum Gasteiger partial charge on any atom is -0.455 e. The van der Waals surface area contributed by atoms with Gasteiger partial charge in [-0.3, -0.25) is 4.98 Å². The van der Waals surface area contributed by atoms with Gasteiger partial charge in [0.2, 0.25) is 5.89 Å². The SMILES string of the molecule is c1ccc(-c2cc(-c3ccc(N(c4ccc(-c5nc6ccccc6o5)cc4)c4ccc(-c5cccc6c5oc5ccccc56)cc4)cc3)nc3cccnc23)cc1. The number of pyridine rings is 2. The van der Waals surface area contributed by atoms with Gasteiger partial charge < -0.3 is 13.7 Å². The molecule has 0 spiro atoms. The summed E-state index contributed by atoms with van der Waals surface area (Å²) in [6.07, 6.45) is 1.82. The van der Waals surface area contributed by atoms with Crippen molar-refractivity contribution in [2.24, 2.45) is 0 Å². The van der Waals surface area contributed by atoms with Crippen LogP contribution in [0, 0.1) is 0 Å². The highest BCUT2D eigenvalue weighted by Crippen LogP contribution is 2.40. The van der Waals surface area contributed by atoms with Gasteiger partial charge in [-0.15, -0.1) is 0 Å². The fourth-order valence-corrected chi connectivity index (χ4v) is 7.79. The van der Waals surface area contributed by atoms with Gasteiger partial charge in [0, 0.05) is 56.3 Å². The van der Waals surface area contributed by atoms with Crippen molar-refractivity contribution >= 4 is 61.1 Å². The third-order valence-corrected chi connectivity index (χ3v) is 10.6. The van der Waals surface area contributed by atoms with Crippen LogP contribution in [0.15, 0.2) is 203 Å². The molecule has 0 bridgehead atoms. The minimum atomic E-state index is 0.593. The van der Waals surface area contributed by atoms with Gasteiger partial charge in [0.05, 0.1) is 16.7 Å². The Morgan fingerprint density at radius 3 is 1.77 bits per heavy atom. The molecule has 0 aliphatic rings. The second-order valence-corrected chi connectivity index (χ2v) is 14.0. The largest absolute Gasteiger partial charge is 0.455 e. The van der Waals surface area contributed by atoms with Gasteiger partial charge >= 0.3 is 0 Å². The van der Waals surface area contributed by atoms with E-state index in [-0.39, 0.29) is 0 Å². The van der Waals surface area contributed by atoms with Crippen LogP contribution >= 0.6 is 0 Å². The average molecular weight is 733 g/mol. The lowest BCUT2D eigenvalue weighted by Gasteiger charge is -2.26. The lowest BCUT2D eigenvalue weighted by Crippen LogP contribution is -2.09. The lowest BCUT2D eigenvalue weighted by atomic mass is 10.0. The fraction of sp³-hybridized carbons (Fsp3) is 0. The lowest BCUT2D eigenvalue weighted by molar-refractivity contribution is 0.620. The van der Waals surface area contributed by atoms with E-state index in [1.807, 2.05) is 60.8 Å². The standard InChI is InChI=1S/C51H32N4O2/c1-2-10-33(11-3-1)43-32-46(53-45-16-9-31-52-49(43)45)35-21-27-38(28-22-35)55(39-29-23-36(24-30-39)51-54-44-15-5-7-18-48(44)57-51)37-25-19-34(20-26-37)40-13-8-14-42-41-12-4-6-17-47(41)56-50(40)42/h1-32H. The molecular formula is C51H32N4O2. The molecule has 6 heteroatoms. The second-order valence-electron chi connectivity index (χ2n) is 14.0. The number of aromatic nitrogens is 3. The van der Waals surface area contributed by atoms with Gasteiger partial charge in [0.15, 0.2) is 5.58 Å². The van der Waals surface area contributed by atoms with E-state index < -0.39 is 0 Å². The van der Waals surface area contributed by atoms with Gasteiger partial charge in [-0.05, 0) is 96.1 Å². The van der Waals surface area contributed by atoms with Crippen molar-refractivity contribution in [2.45, 2.75) is 0 Å². The molecule has 0 aliphatic heterocycles. The summed E-state index contributed by atoms with van der Waals surface area (Å²) in [7, 11) is 0. The molecular weight excluding hydrogens is 701 g/mol. The molecule has 0 fully saturated rings. The molecule has 11 aromatic rings. The van der Waals surface area contributed by atoms with Gasteiger partial charge in [0.25, 0.3) is 0 Å². The Bertz CT molecular complexity index is 3190. The summed E-state index contributed by atoms with van der Waals surface area (Å²) in [5.74, 6) is 0.593. The zero-order valence-electron chi connectivity index (χ0n) is 30.6. The molecule has 11 rings (SSSR count). The molecule has 6 nitrogen and oxygen atoms in total. The number of hydrogen-bond donors (Lipinski definition) is 0. The molecule has 0 N–H and O–H groups in total. The van der Waals surface area contributed by atoms with Crippen molar-refractivity contribution in [3.8, 4) is 45.0 Å². The molecule has 57 heavy (non-hydrogen) atoms. The molecule has 0 amide bonds. The van der Waals surface area contributed by atoms with Crippen LogP contribution in [-0.2, 0) is 0 Å². The number of para-hydroxylation sites is 4. The highest BCUT2D eigenvalue weighted by atomic mass is 16.3. The molecule has 0 aliphatic carbocycles. The molecule has 4 heterocycles. The van der Waals surface area contributed by atoms with Gasteiger partial charge in [-0.1, -0.05) is 103 Å². The van der Waals surface area contributed by atoms with E-state index >= 15 is 0 Å². The predicted octanol–water partition coefficient (Wildman–Crippen LogP) is 13.8. The number of hydrogen-bond acceptors (Lipinski definition) is 6. The Balaban J connectivity index is 0.992. The summed E-state index contributed by atoms with van der Waals surface area (Å²) in [6, 6.07) is 64.5. The first-order valence-electron chi connectivity index (χ1n) is 18.9. The van der Waals surface area contributed by atoms with Crippen molar-refractivity contribution in [1.82, 2.24) is 15.0 Å². The number of benzene rings is 7. The normalized spacial score (nSPS) is 11.5. The molecule has 0 atom stereocenters.